The first-order valence-corrected chi connectivity index (χ1v) is 10.3. The number of ether oxygens (including phenoxy) is 1. The summed E-state index contributed by atoms with van der Waals surface area (Å²) in [5.74, 6) is 1.84. The zero-order valence-corrected chi connectivity index (χ0v) is 16.3. The molecule has 0 aliphatic carbocycles. The lowest BCUT2D eigenvalue weighted by Crippen LogP contribution is -2.52. The van der Waals surface area contributed by atoms with Gasteiger partial charge in [-0.05, 0) is 32.2 Å². The first-order valence-electron chi connectivity index (χ1n) is 10.3. The molecule has 27 heavy (non-hydrogen) atoms. The summed E-state index contributed by atoms with van der Waals surface area (Å²) >= 11 is 0. The summed E-state index contributed by atoms with van der Waals surface area (Å²) in [5, 5.41) is 8.01. The number of aromatic nitrogens is 2. The van der Waals surface area contributed by atoms with Gasteiger partial charge < -0.3 is 14.1 Å². The first kappa shape index (κ1) is 18.8. The van der Waals surface area contributed by atoms with Crippen LogP contribution in [0.4, 0.5) is 0 Å². The molecule has 4 heterocycles. The third kappa shape index (κ3) is 4.67. The lowest BCUT2D eigenvalue weighted by molar-refractivity contribution is -0.142. The van der Waals surface area contributed by atoms with Crippen LogP contribution in [0.3, 0.4) is 0 Å². The van der Waals surface area contributed by atoms with Crippen LogP contribution in [0.2, 0.25) is 0 Å². The predicted octanol–water partition coefficient (Wildman–Crippen LogP) is 0.913. The van der Waals surface area contributed by atoms with Crippen molar-refractivity contribution < 1.29 is 13.9 Å². The van der Waals surface area contributed by atoms with E-state index < -0.39 is 0 Å². The van der Waals surface area contributed by atoms with Crippen LogP contribution in [0.25, 0.3) is 0 Å². The largest absolute Gasteiger partial charge is 0.424 e. The number of nitrogens with zero attached hydrogens (tertiary/aromatic N) is 5. The minimum Gasteiger partial charge on any atom is -0.424 e. The molecule has 4 rings (SSSR count). The van der Waals surface area contributed by atoms with E-state index in [1.165, 1.54) is 0 Å². The fraction of sp³-hybridized carbons (Fsp3) is 0.842. The van der Waals surface area contributed by atoms with Crippen molar-refractivity contribution in [3.63, 3.8) is 0 Å². The summed E-state index contributed by atoms with van der Waals surface area (Å²) < 4.78 is 10.9. The molecule has 8 nitrogen and oxygen atoms in total. The fourth-order valence-electron chi connectivity index (χ4n) is 4.62. The fourth-order valence-corrected chi connectivity index (χ4v) is 4.62. The van der Waals surface area contributed by atoms with Crippen LogP contribution in [0.1, 0.15) is 37.5 Å². The Morgan fingerprint density at radius 3 is 2.56 bits per heavy atom. The van der Waals surface area contributed by atoms with Crippen molar-refractivity contribution in [3.05, 3.63) is 11.8 Å². The van der Waals surface area contributed by atoms with Gasteiger partial charge in [-0.3, -0.25) is 14.6 Å². The molecule has 3 aliphatic heterocycles. The van der Waals surface area contributed by atoms with Gasteiger partial charge in [-0.1, -0.05) is 0 Å². The van der Waals surface area contributed by atoms with E-state index >= 15 is 0 Å². The second-order valence-electron chi connectivity index (χ2n) is 7.99. The molecule has 3 saturated heterocycles. The van der Waals surface area contributed by atoms with Crippen LogP contribution in [0, 0.1) is 12.8 Å². The van der Waals surface area contributed by atoms with Gasteiger partial charge in [0.15, 0.2) is 0 Å². The minimum absolute atomic E-state index is 0.163. The summed E-state index contributed by atoms with van der Waals surface area (Å²) in [5.41, 5.74) is 0. The van der Waals surface area contributed by atoms with Crippen molar-refractivity contribution in [1.29, 1.82) is 0 Å². The zero-order chi connectivity index (χ0) is 18.6. The van der Waals surface area contributed by atoms with Gasteiger partial charge in [0.2, 0.25) is 17.7 Å². The number of morpholine rings is 1. The van der Waals surface area contributed by atoms with Crippen molar-refractivity contribution in [3.8, 4) is 0 Å². The molecular weight excluding hydrogens is 346 g/mol. The molecular formula is C19H31N5O3. The molecule has 0 spiro atoms. The van der Waals surface area contributed by atoms with Gasteiger partial charge in [0, 0.05) is 45.7 Å². The number of carbonyl (C=O) groups excluding carboxylic acids is 1. The Labute approximate surface area is 160 Å². The van der Waals surface area contributed by atoms with Crippen molar-refractivity contribution in [2.45, 2.75) is 45.2 Å². The second-order valence-corrected chi connectivity index (χ2v) is 7.99. The summed E-state index contributed by atoms with van der Waals surface area (Å²) in [6.45, 7) is 9.57. The van der Waals surface area contributed by atoms with E-state index in [9.17, 15) is 4.79 Å². The molecule has 1 atom stereocenters. The molecule has 3 aliphatic rings. The number of aryl methyl sites for hydroxylation is 1. The Hall–Kier alpha value is -1.51. The van der Waals surface area contributed by atoms with Gasteiger partial charge >= 0.3 is 0 Å². The second kappa shape index (κ2) is 8.67. The van der Waals surface area contributed by atoms with Crippen LogP contribution in [-0.4, -0.2) is 89.3 Å². The highest BCUT2D eigenvalue weighted by molar-refractivity contribution is 5.79. The molecule has 0 bridgehead atoms. The summed E-state index contributed by atoms with van der Waals surface area (Å²) in [7, 11) is 0. The molecule has 0 N–H and O–H groups in total. The quantitative estimate of drug-likeness (QED) is 0.772. The molecule has 0 aromatic carbocycles. The topological polar surface area (TPSA) is 74.9 Å². The van der Waals surface area contributed by atoms with Crippen LogP contribution < -0.4 is 0 Å². The number of piperidine rings is 2. The van der Waals surface area contributed by atoms with Crippen molar-refractivity contribution in [2.24, 2.45) is 5.92 Å². The molecule has 0 unspecified atom stereocenters. The number of hydrogen-bond donors (Lipinski definition) is 0. The van der Waals surface area contributed by atoms with Gasteiger partial charge in [-0.25, -0.2) is 0 Å². The third-order valence-corrected chi connectivity index (χ3v) is 6.13. The van der Waals surface area contributed by atoms with E-state index in [1.54, 1.807) is 0 Å². The maximum atomic E-state index is 12.9. The molecule has 1 amide bonds. The number of carbonyl (C=O) groups is 1. The standard InChI is InChI=1S/C19H31N5O3/c1-15-20-21-18(27-15)14-22-7-4-17(5-8-22)24-6-2-3-16(13-24)19(25)23-9-11-26-12-10-23/h16-17H,2-14H2,1H3/t16-/m0/s1. The van der Waals surface area contributed by atoms with E-state index in [-0.39, 0.29) is 5.92 Å². The number of rotatable bonds is 4. The maximum absolute atomic E-state index is 12.9. The Morgan fingerprint density at radius 1 is 1.07 bits per heavy atom. The highest BCUT2D eigenvalue weighted by atomic mass is 16.5. The Kier molecular flexibility index (Phi) is 6.04. The molecule has 8 heteroatoms. The van der Waals surface area contributed by atoms with Gasteiger partial charge in [-0.15, -0.1) is 10.2 Å². The molecule has 1 aromatic rings. The average molecular weight is 377 g/mol. The van der Waals surface area contributed by atoms with E-state index in [1.807, 2.05) is 11.8 Å². The highest BCUT2D eigenvalue weighted by Gasteiger charge is 2.34. The molecule has 0 saturated carbocycles. The Morgan fingerprint density at radius 2 is 1.85 bits per heavy atom. The average Bonchev–Trinajstić information content (AvgIpc) is 3.13. The zero-order valence-electron chi connectivity index (χ0n) is 16.3. The lowest BCUT2D eigenvalue weighted by Gasteiger charge is -2.42. The van der Waals surface area contributed by atoms with E-state index in [0.717, 1.165) is 71.5 Å². The van der Waals surface area contributed by atoms with E-state index in [2.05, 4.69) is 20.0 Å². The monoisotopic (exact) mass is 377 g/mol. The molecule has 0 radical (unpaired) electrons. The lowest BCUT2D eigenvalue weighted by atomic mass is 9.92. The maximum Gasteiger partial charge on any atom is 0.230 e. The summed E-state index contributed by atoms with van der Waals surface area (Å²) in [4.78, 5) is 19.8. The number of hydrogen-bond acceptors (Lipinski definition) is 7. The SMILES string of the molecule is Cc1nnc(CN2CCC(N3CCC[C@H](C(=O)N4CCOCC4)C3)CC2)o1. The Bertz CT molecular complexity index is 623. The first-order chi connectivity index (χ1) is 13.2. The molecule has 1 aromatic heterocycles. The van der Waals surface area contributed by atoms with Crippen LogP contribution in [0.15, 0.2) is 4.42 Å². The normalized spacial score (nSPS) is 26.4. The van der Waals surface area contributed by atoms with Gasteiger partial charge in [-0.2, -0.15) is 0 Å². The highest BCUT2D eigenvalue weighted by Crippen LogP contribution is 2.26. The predicted molar refractivity (Wildman–Crippen MR) is 99.0 cm³/mol. The van der Waals surface area contributed by atoms with Crippen LogP contribution >= 0.6 is 0 Å². The Balaban J connectivity index is 1.26. The third-order valence-electron chi connectivity index (χ3n) is 6.13. The van der Waals surface area contributed by atoms with Crippen molar-refractivity contribution >= 4 is 5.91 Å². The van der Waals surface area contributed by atoms with Crippen LogP contribution in [-0.2, 0) is 16.1 Å². The molecule has 150 valence electrons. The summed E-state index contributed by atoms with van der Waals surface area (Å²) in [6.07, 6.45) is 4.45. The van der Waals surface area contributed by atoms with Crippen LogP contribution in [0.5, 0.6) is 0 Å². The summed E-state index contributed by atoms with van der Waals surface area (Å²) in [6, 6.07) is 0.589. The van der Waals surface area contributed by atoms with E-state index in [0.29, 0.717) is 36.9 Å². The van der Waals surface area contributed by atoms with Gasteiger partial charge in [0.1, 0.15) is 0 Å². The van der Waals surface area contributed by atoms with Crippen molar-refractivity contribution in [2.75, 3.05) is 52.5 Å². The van der Waals surface area contributed by atoms with Crippen molar-refractivity contribution in [1.82, 2.24) is 24.9 Å². The van der Waals surface area contributed by atoms with Gasteiger partial charge in [0.05, 0.1) is 25.7 Å². The molecule has 3 fully saturated rings. The smallest absolute Gasteiger partial charge is 0.230 e. The van der Waals surface area contributed by atoms with Gasteiger partial charge in [0.25, 0.3) is 0 Å². The minimum atomic E-state index is 0.163. The number of likely N-dealkylation sites (tertiary alicyclic amines) is 2. The van der Waals surface area contributed by atoms with E-state index in [4.69, 9.17) is 9.15 Å². The number of amides is 1.